The van der Waals surface area contributed by atoms with Gasteiger partial charge >= 0.3 is 0 Å². The molecule has 0 radical (unpaired) electrons. The highest BCUT2D eigenvalue weighted by molar-refractivity contribution is 9.09. The van der Waals surface area contributed by atoms with Crippen molar-refractivity contribution in [3.8, 4) is 0 Å². The average molecular weight is 228 g/mol. The number of nitrogens with one attached hydrogen (secondary N) is 1. The van der Waals surface area contributed by atoms with Gasteiger partial charge in [0.15, 0.2) is 0 Å². The van der Waals surface area contributed by atoms with Crippen molar-refractivity contribution < 1.29 is 0 Å². The molecule has 0 heterocycles. The minimum atomic E-state index is 0.810. The van der Waals surface area contributed by atoms with E-state index in [4.69, 9.17) is 0 Å². The molecule has 1 rings (SSSR count). The highest BCUT2D eigenvalue weighted by Crippen LogP contribution is 2.20. The lowest BCUT2D eigenvalue weighted by Gasteiger charge is -2.11. The number of hydrogen-bond acceptors (Lipinski definition) is 1. The minimum Gasteiger partial charge on any atom is -0.375 e. The molecular weight excluding hydrogens is 214 g/mol. The van der Waals surface area contributed by atoms with Crippen LogP contribution in [-0.2, 0) is 6.42 Å². The van der Waals surface area contributed by atoms with E-state index in [1.54, 1.807) is 0 Å². The van der Waals surface area contributed by atoms with Crippen molar-refractivity contribution in [3.05, 3.63) is 29.3 Å². The molecule has 0 saturated heterocycles. The number of rotatable bonds is 3. The number of halogens is 1. The predicted molar refractivity (Wildman–Crippen MR) is 58.0 cm³/mol. The van der Waals surface area contributed by atoms with Gasteiger partial charge in [-0.15, -0.1) is 0 Å². The van der Waals surface area contributed by atoms with Crippen molar-refractivity contribution in [1.82, 2.24) is 0 Å². The predicted octanol–water partition coefficient (Wildman–Crippen LogP) is 3.32. The van der Waals surface area contributed by atoms with Gasteiger partial charge in [0.05, 0.1) is 5.45 Å². The van der Waals surface area contributed by atoms with E-state index in [9.17, 15) is 0 Å². The third kappa shape index (κ3) is 2.01. The molecule has 2 heteroatoms. The number of benzene rings is 1. The van der Waals surface area contributed by atoms with Gasteiger partial charge in [-0.25, -0.2) is 0 Å². The van der Waals surface area contributed by atoms with Gasteiger partial charge in [0.25, 0.3) is 0 Å². The Hall–Kier alpha value is -0.500. The van der Waals surface area contributed by atoms with Crippen molar-refractivity contribution in [2.24, 2.45) is 0 Å². The van der Waals surface area contributed by atoms with Crippen LogP contribution in [0.15, 0.2) is 18.2 Å². The Labute approximate surface area is 82.3 Å². The van der Waals surface area contributed by atoms with E-state index in [0.29, 0.717) is 0 Å². The lowest BCUT2D eigenvalue weighted by molar-refractivity contribution is 1.13. The Bertz CT molecular complexity index is 258. The first-order chi connectivity index (χ1) is 5.79. The van der Waals surface area contributed by atoms with E-state index in [0.717, 1.165) is 11.9 Å². The van der Waals surface area contributed by atoms with Crippen molar-refractivity contribution in [2.75, 3.05) is 10.8 Å². The number of para-hydroxylation sites is 1. The summed E-state index contributed by atoms with van der Waals surface area (Å²) in [6.45, 7) is 4.30. The van der Waals surface area contributed by atoms with E-state index < -0.39 is 0 Å². The summed E-state index contributed by atoms with van der Waals surface area (Å²) in [4.78, 5) is 0. The Morgan fingerprint density at radius 2 is 2.17 bits per heavy atom. The smallest absolute Gasteiger partial charge is 0.0707 e. The van der Waals surface area contributed by atoms with Gasteiger partial charge in [-0.1, -0.05) is 41.1 Å². The van der Waals surface area contributed by atoms with Crippen LogP contribution in [0.3, 0.4) is 0 Å². The van der Waals surface area contributed by atoms with Gasteiger partial charge in [0, 0.05) is 5.69 Å². The summed E-state index contributed by atoms with van der Waals surface area (Å²) in [6, 6.07) is 6.40. The number of alkyl halides is 1. The quantitative estimate of drug-likeness (QED) is 0.618. The van der Waals surface area contributed by atoms with Gasteiger partial charge < -0.3 is 5.32 Å². The van der Waals surface area contributed by atoms with Crippen LogP contribution in [0.4, 0.5) is 5.69 Å². The summed E-state index contributed by atoms with van der Waals surface area (Å²) in [6.07, 6.45) is 1.08. The molecule has 1 N–H and O–H groups in total. The SMILES string of the molecule is CCc1cccc(C)c1NCBr. The molecule has 0 aliphatic rings. The Balaban J connectivity index is 3.02. The third-order valence-electron chi connectivity index (χ3n) is 1.98. The minimum absolute atomic E-state index is 0.810. The summed E-state index contributed by atoms with van der Waals surface area (Å²) in [5, 5.41) is 3.31. The molecule has 0 unspecified atom stereocenters. The van der Waals surface area contributed by atoms with E-state index in [-0.39, 0.29) is 0 Å². The molecular formula is C10H14BrN. The Kier molecular flexibility index (Phi) is 3.60. The van der Waals surface area contributed by atoms with Crippen LogP contribution in [0.2, 0.25) is 0 Å². The van der Waals surface area contributed by atoms with E-state index in [2.05, 4.69) is 53.3 Å². The first-order valence-corrected chi connectivity index (χ1v) is 5.30. The summed E-state index contributed by atoms with van der Waals surface area (Å²) < 4.78 is 0. The molecule has 0 aliphatic heterocycles. The molecule has 0 atom stereocenters. The Morgan fingerprint density at radius 3 is 2.75 bits per heavy atom. The molecule has 0 fully saturated rings. The van der Waals surface area contributed by atoms with Crippen LogP contribution < -0.4 is 5.32 Å². The monoisotopic (exact) mass is 227 g/mol. The summed E-state index contributed by atoms with van der Waals surface area (Å²) in [5.41, 5.74) is 4.78. The standard InChI is InChI=1S/C10H14BrN/c1-3-9-6-4-5-8(2)10(9)12-7-11/h4-6,12H,3,7H2,1-2H3. The van der Waals surface area contributed by atoms with Crippen LogP contribution in [0.25, 0.3) is 0 Å². The van der Waals surface area contributed by atoms with Gasteiger partial charge in [-0.05, 0) is 24.5 Å². The molecule has 66 valence electrons. The fourth-order valence-electron chi connectivity index (χ4n) is 1.34. The van der Waals surface area contributed by atoms with Crippen LogP contribution in [0, 0.1) is 6.92 Å². The van der Waals surface area contributed by atoms with Crippen molar-refractivity contribution >= 4 is 21.6 Å². The zero-order valence-electron chi connectivity index (χ0n) is 7.52. The highest BCUT2D eigenvalue weighted by Gasteiger charge is 2.01. The molecule has 0 spiro atoms. The fourth-order valence-corrected chi connectivity index (χ4v) is 1.62. The molecule has 0 amide bonds. The molecule has 1 aromatic carbocycles. The van der Waals surface area contributed by atoms with Gasteiger partial charge in [-0.2, -0.15) is 0 Å². The molecule has 1 aromatic rings. The van der Waals surface area contributed by atoms with Crippen LogP contribution in [-0.4, -0.2) is 5.45 Å². The molecule has 0 aromatic heterocycles. The maximum absolute atomic E-state index is 3.37. The van der Waals surface area contributed by atoms with Crippen molar-refractivity contribution in [2.45, 2.75) is 20.3 Å². The Morgan fingerprint density at radius 1 is 1.42 bits per heavy atom. The second-order valence-corrected chi connectivity index (χ2v) is 3.33. The average Bonchev–Trinajstić information content (AvgIpc) is 2.09. The summed E-state index contributed by atoms with van der Waals surface area (Å²) >= 11 is 3.37. The third-order valence-corrected chi connectivity index (χ3v) is 2.26. The first kappa shape index (κ1) is 9.59. The second-order valence-electron chi connectivity index (χ2n) is 2.77. The maximum Gasteiger partial charge on any atom is 0.0707 e. The zero-order valence-corrected chi connectivity index (χ0v) is 9.11. The van der Waals surface area contributed by atoms with Crippen molar-refractivity contribution in [1.29, 1.82) is 0 Å². The molecule has 0 saturated carbocycles. The summed E-state index contributed by atoms with van der Waals surface area (Å²) in [7, 11) is 0. The van der Waals surface area contributed by atoms with E-state index in [1.807, 2.05) is 0 Å². The van der Waals surface area contributed by atoms with Gasteiger partial charge in [0.1, 0.15) is 0 Å². The first-order valence-electron chi connectivity index (χ1n) is 4.18. The van der Waals surface area contributed by atoms with Crippen LogP contribution >= 0.6 is 15.9 Å². The molecule has 1 nitrogen and oxygen atoms in total. The highest BCUT2D eigenvalue weighted by atomic mass is 79.9. The fraction of sp³-hybridized carbons (Fsp3) is 0.400. The second kappa shape index (κ2) is 4.51. The maximum atomic E-state index is 3.37. The zero-order chi connectivity index (χ0) is 8.97. The lowest BCUT2D eigenvalue weighted by atomic mass is 10.1. The summed E-state index contributed by atoms with van der Waals surface area (Å²) in [5.74, 6) is 0. The molecule has 0 aliphatic carbocycles. The normalized spacial score (nSPS) is 9.92. The molecule has 0 bridgehead atoms. The lowest BCUT2D eigenvalue weighted by Crippen LogP contribution is -2.00. The largest absolute Gasteiger partial charge is 0.375 e. The topological polar surface area (TPSA) is 12.0 Å². The van der Waals surface area contributed by atoms with E-state index >= 15 is 0 Å². The van der Waals surface area contributed by atoms with Crippen LogP contribution in [0.5, 0.6) is 0 Å². The van der Waals surface area contributed by atoms with E-state index in [1.165, 1.54) is 16.8 Å². The van der Waals surface area contributed by atoms with Gasteiger partial charge in [0.2, 0.25) is 0 Å². The van der Waals surface area contributed by atoms with Crippen LogP contribution in [0.1, 0.15) is 18.1 Å². The number of aryl methyl sites for hydroxylation is 2. The number of hydrogen-bond donors (Lipinski definition) is 1. The van der Waals surface area contributed by atoms with Gasteiger partial charge in [-0.3, -0.25) is 0 Å². The number of anilines is 1. The molecule has 12 heavy (non-hydrogen) atoms. The van der Waals surface area contributed by atoms with Crippen molar-refractivity contribution in [3.63, 3.8) is 0 Å².